The van der Waals surface area contributed by atoms with E-state index in [1.54, 1.807) is 30.3 Å². The van der Waals surface area contributed by atoms with Crippen molar-refractivity contribution in [2.75, 3.05) is 4.90 Å². The number of nitro benzene ring substituents is 1. The summed E-state index contributed by atoms with van der Waals surface area (Å²) in [6.07, 6.45) is 1.49. The maximum atomic E-state index is 12.8. The number of carbonyl (C=O) groups excluding carboxylic acids is 2. The molecule has 0 atom stereocenters. The first-order chi connectivity index (χ1) is 15.3. The smallest absolute Gasteiger partial charge is 0.268 e. The lowest BCUT2D eigenvalue weighted by atomic mass is 10.2. The first kappa shape index (κ1) is 22.1. The van der Waals surface area contributed by atoms with E-state index in [4.69, 9.17) is 11.6 Å². The van der Waals surface area contributed by atoms with Crippen molar-refractivity contribution >= 4 is 63.7 Å². The summed E-state index contributed by atoms with van der Waals surface area (Å²) in [5, 5.41) is 11.6. The molecule has 1 aliphatic heterocycles. The van der Waals surface area contributed by atoms with Crippen molar-refractivity contribution in [3.05, 3.63) is 97.9 Å². The van der Waals surface area contributed by atoms with Gasteiger partial charge in [0.25, 0.3) is 16.8 Å². The van der Waals surface area contributed by atoms with E-state index in [0.717, 1.165) is 27.1 Å². The summed E-state index contributed by atoms with van der Waals surface area (Å²) >= 11 is 8.05. The second kappa shape index (κ2) is 9.20. The number of benzene rings is 3. The number of hydrogen-bond donors (Lipinski definition) is 0. The number of carbonyl (C=O) groups is 2. The van der Waals surface area contributed by atoms with Gasteiger partial charge in [0.15, 0.2) is 0 Å². The minimum Gasteiger partial charge on any atom is -0.268 e. The summed E-state index contributed by atoms with van der Waals surface area (Å²) in [6, 6.07) is 18.9. The van der Waals surface area contributed by atoms with Crippen molar-refractivity contribution in [1.82, 2.24) is 0 Å². The Labute approximate surface area is 197 Å². The fraction of sp³-hybridized carbons (Fsp3) is 0.0435. The quantitative estimate of drug-likeness (QED) is 0.222. The molecular weight excluding hydrogens is 468 g/mol. The molecule has 0 aromatic heterocycles. The molecule has 1 heterocycles. The van der Waals surface area contributed by atoms with Crippen LogP contribution in [0.15, 0.2) is 81.4 Å². The average Bonchev–Trinajstić information content (AvgIpc) is 3.03. The van der Waals surface area contributed by atoms with Crippen molar-refractivity contribution in [2.45, 2.75) is 16.7 Å². The lowest BCUT2D eigenvalue weighted by Crippen LogP contribution is -2.27. The number of halogens is 1. The van der Waals surface area contributed by atoms with Crippen LogP contribution in [-0.4, -0.2) is 16.1 Å². The van der Waals surface area contributed by atoms with Crippen LogP contribution in [0.4, 0.5) is 16.2 Å². The van der Waals surface area contributed by atoms with E-state index in [-0.39, 0.29) is 10.6 Å². The van der Waals surface area contributed by atoms with Gasteiger partial charge in [0.2, 0.25) is 0 Å². The van der Waals surface area contributed by atoms with Gasteiger partial charge in [-0.25, -0.2) is 4.90 Å². The molecule has 3 aromatic rings. The number of amides is 2. The standard InChI is InChI=1S/C23H15ClN2O4S2/c1-14-5-8-18(9-6-14)31-20-10-7-15(11-19(20)26(29)30)12-21-22(27)25(23(28)32-21)17-4-2-3-16(24)13-17/h2-13H,1H3/b21-12+. The lowest BCUT2D eigenvalue weighted by molar-refractivity contribution is -0.387. The van der Waals surface area contributed by atoms with Gasteiger partial charge in [0.1, 0.15) is 0 Å². The predicted molar refractivity (Wildman–Crippen MR) is 128 cm³/mol. The SMILES string of the molecule is Cc1ccc(Sc2ccc(/C=C3/SC(=O)N(c4cccc(Cl)c4)C3=O)cc2[N+](=O)[O-])cc1. The molecule has 3 aromatic carbocycles. The van der Waals surface area contributed by atoms with Crippen LogP contribution in [0.3, 0.4) is 0 Å². The number of thioether (sulfide) groups is 1. The highest BCUT2D eigenvalue weighted by Gasteiger charge is 2.36. The molecule has 1 saturated heterocycles. The molecule has 160 valence electrons. The molecule has 4 rings (SSSR count). The third-order valence-corrected chi connectivity index (χ3v) is 6.76. The number of nitrogens with zero attached hydrogens (tertiary/aromatic N) is 2. The minimum atomic E-state index is -0.497. The van der Waals surface area contributed by atoms with E-state index in [1.165, 1.54) is 30.0 Å². The van der Waals surface area contributed by atoms with E-state index < -0.39 is 16.1 Å². The third kappa shape index (κ3) is 4.72. The van der Waals surface area contributed by atoms with Crippen LogP contribution in [0, 0.1) is 17.0 Å². The van der Waals surface area contributed by atoms with Gasteiger partial charge in [0, 0.05) is 16.0 Å². The Hall–Kier alpha value is -3.07. The number of nitro groups is 1. The van der Waals surface area contributed by atoms with Gasteiger partial charge < -0.3 is 0 Å². The molecule has 1 aliphatic rings. The maximum Gasteiger partial charge on any atom is 0.298 e. The molecule has 0 unspecified atom stereocenters. The fourth-order valence-corrected chi connectivity index (χ4v) is 4.97. The average molecular weight is 483 g/mol. The fourth-order valence-electron chi connectivity index (χ4n) is 3.04. The van der Waals surface area contributed by atoms with Gasteiger partial charge in [-0.1, -0.05) is 53.2 Å². The summed E-state index contributed by atoms with van der Waals surface area (Å²) in [7, 11) is 0. The molecule has 0 saturated carbocycles. The summed E-state index contributed by atoms with van der Waals surface area (Å²) < 4.78 is 0. The van der Waals surface area contributed by atoms with Gasteiger partial charge in [0.05, 0.1) is 20.4 Å². The Morgan fingerprint density at radius 3 is 2.50 bits per heavy atom. The van der Waals surface area contributed by atoms with Crippen molar-refractivity contribution in [3.8, 4) is 0 Å². The highest BCUT2D eigenvalue weighted by atomic mass is 35.5. The molecule has 0 N–H and O–H groups in total. The summed E-state index contributed by atoms with van der Waals surface area (Å²) in [4.78, 5) is 39.1. The zero-order valence-electron chi connectivity index (χ0n) is 16.7. The molecule has 2 amide bonds. The van der Waals surface area contributed by atoms with Gasteiger partial charge in [-0.2, -0.15) is 0 Å². The molecule has 0 radical (unpaired) electrons. The van der Waals surface area contributed by atoms with Gasteiger partial charge in [-0.05, 0) is 66.7 Å². The molecule has 1 fully saturated rings. The molecule has 9 heteroatoms. The van der Waals surface area contributed by atoms with Crippen molar-refractivity contribution < 1.29 is 14.5 Å². The normalized spacial score (nSPS) is 14.9. The van der Waals surface area contributed by atoms with Gasteiger partial charge >= 0.3 is 0 Å². The lowest BCUT2D eigenvalue weighted by Gasteiger charge is -2.12. The monoisotopic (exact) mass is 482 g/mol. The molecule has 0 bridgehead atoms. The largest absolute Gasteiger partial charge is 0.298 e. The summed E-state index contributed by atoms with van der Waals surface area (Å²) in [5.74, 6) is -0.497. The number of hydrogen-bond acceptors (Lipinski definition) is 6. The van der Waals surface area contributed by atoms with Crippen LogP contribution in [0.1, 0.15) is 11.1 Å². The van der Waals surface area contributed by atoms with Crippen molar-refractivity contribution in [3.63, 3.8) is 0 Å². The first-order valence-corrected chi connectivity index (χ1v) is 11.4. The number of aryl methyl sites for hydroxylation is 1. The number of anilines is 1. The van der Waals surface area contributed by atoms with Gasteiger partial charge in [-0.3, -0.25) is 19.7 Å². The van der Waals surface area contributed by atoms with Crippen LogP contribution in [0.2, 0.25) is 5.02 Å². The second-order valence-electron chi connectivity index (χ2n) is 6.90. The number of rotatable bonds is 5. The Morgan fingerprint density at radius 2 is 1.81 bits per heavy atom. The Bertz CT molecular complexity index is 1280. The highest BCUT2D eigenvalue weighted by Crippen LogP contribution is 2.39. The Balaban J connectivity index is 1.63. The highest BCUT2D eigenvalue weighted by molar-refractivity contribution is 8.19. The molecule has 6 nitrogen and oxygen atoms in total. The molecular formula is C23H15ClN2O4S2. The van der Waals surface area contributed by atoms with E-state index in [2.05, 4.69) is 0 Å². The van der Waals surface area contributed by atoms with Gasteiger partial charge in [-0.15, -0.1) is 0 Å². The van der Waals surface area contributed by atoms with Crippen LogP contribution in [-0.2, 0) is 4.79 Å². The van der Waals surface area contributed by atoms with E-state index >= 15 is 0 Å². The topological polar surface area (TPSA) is 80.5 Å². The first-order valence-electron chi connectivity index (χ1n) is 9.38. The van der Waals surface area contributed by atoms with E-state index in [9.17, 15) is 19.7 Å². The van der Waals surface area contributed by atoms with Crippen molar-refractivity contribution in [1.29, 1.82) is 0 Å². The van der Waals surface area contributed by atoms with Crippen LogP contribution in [0.5, 0.6) is 0 Å². The zero-order chi connectivity index (χ0) is 22.8. The predicted octanol–water partition coefficient (Wildman–Crippen LogP) is 6.95. The zero-order valence-corrected chi connectivity index (χ0v) is 19.0. The molecule has 0 aliphatic carbocycles. The second-order valence-corrected chi connectivity index (χ2v) is 9.44. The number of imide groups is 1. The minimum absolute atomic E-state index is 0.0709. The Kier molecular flexibility index (Phi) is 6.36. The summed E-state index contributed by atoms with van der Waals surface area (Å²) in [6.45, 7) is 1.97. The van der Waals surface area contributed by atoms with E-state index in [1.807, 2.05) is 31.2 Å². The molecule has 32 heavy (non-hydrogen) atoms. The van der Waals surface area contributed by atoms with Crippen LogP contribution >= 0.6 is 35.1 Å². The third-order valence-electron chi connectivity index (χ3n) is 4.59. The maximum absolute atomic E-state index is 12.8. The molecule has 0 spiro atoms. The van der Waals surface area contributed by atoms with Crippen molar-refractivity contribution in [2.24, 2.45) is 0 Å². The van der Waals surface area contributed by atoms with Crippen LogP contribution in [0.25, 0.3) is 6.08 Å². The Morgan fingerprint density at radius 1 is 1.06 bits per heavy atom. The summed E-state index contributed by atoms with van der Waals surface area (Å²) in [5.41, 5.74) is 1.87. The van der Waals surface area contributed by atoms with Crippen LogP contribution < -0.4 is 4.90 Å². The van der Waals surface area contributed by atoms with E-state index in [0.29, 0.717) is 21.2 Å².